The SMILES string of the molecule is CCCP(c1ccccc1)c1ccccc1.[Cl-].[Ni].c1ccc(Pc2ccccc2)cc1. The van der Waals surface area contributed by atoms with Gasteiger partial charge < -0.3 is 12.4 Å². The van der Waals surface area contributed by atoms with E-state index in [-0.39, 0.29) is 36.8 Å². The van der Waals surface area contributed by atoms with Gasteiger partial charge in [-0.3, -0.25) is 0 Å². The van der Waals surface area contributed by atoms with Gasteiger partial charge in [-0.1, -0.05) is 143 Å². The van der Waals surface area contributed by atoms with Crippen molar-refractivity contribution >= 4 is 37.7 Å². The first kappa shape index (κ1) is 27.6. The number of hydrogen-bond acceptors (Lipinski definition) is 0. The maximum absolute atomic E-state index is 2.27. The van der Waals surface area contributed by atoms with Crippen LogP contribution in [0.1, 0.15) is 13.3 Å². The van der Waals surface area contributed by atoms with Crippen molar-refractivity contribution in [2.75, 3.05) is 6.16 Å². The third-order valence-corrected chi connectivity index (χ3v) is 8.40. The molecule has 0 heterocycles. The van der Waals surface area contributed by atoms with Gasteiger partial charge in [0.25, 0.3) is 0 Å². The average molecular weight is 509 g/mol. The first-order valence-corrected chi connectivity index (χ1v) is 12.6. The van der Waals surface area contributed by atoms with Crippen LogP contribution in [0.2, 0.25) is 0 Å². The summed E-state index contributed by atoms with van der Waals surface area (Å²) >= 11 is 0. The van der Waals surface area contributed by atoms with Crippen molar-refractivity contribution in [3.05, 3.63) is 121 Å². The molecule has 0 spiro atoms. The molecular formula is C27H28ClNiP2-. The molecule has 0 aromatic heterocycles. The Bertz CT molecular complexity index is 859. The van der Waals surface area contributed by atoms with Crippen LogP contribution < -0.4 is 33.6 Å². The second-order valence-electron chi connectivity index (χ2n) is 6.68. The molecule has 0 bridgehead atoms. The Labute approximate surface area is 206 Å². The molecule has 0 radical (unpaired) electrons. The standard InChI is InChI=1S/C15H17P.C12H11P.ClH.Ni/c1-2-13-16(14-9-5-3-6-10-14)15-11-7-4-8-12-15;1-3-7-11(8-4-1)13-12-9-5-2-6-10-12;;/h3-12H,2,13H2,1H3;1-10,13H;1H;/p-1. The Morgan fingerprint density at radius 2 is 0.871 bits per heavy atom. The fourth-order valence-electron chi connectivity index (χ4n) is 3.06. The van der Waals surface area contributed by atoms with Crippen LogP contribution in [0.5, 0.6) is 0 Å². The third-order valence-electron chi connectivity index (χ3n) is 4.42. The summed E-state index contributed by atoms with van der Waals surface area (Å²) in [7, 11) is 0.626. The Morgan fingerprint density at radius 3 is 1.19 bits per heavy atom. The Kier molecular flexibility index (Phi) is 14.4. The zero-order chi connectivity index (χ0) is 20.2. The van der Waals surface area contributed by atoms with Crippen LogP contribution >= 0.6 is 16.5 Å². The summed E-state index contributed by atoms with van der Waals surface area (Å²) in [6.45, 7) is 2.27. The predicted molar refractivity (Wildman–Crippen MR) is 135 cm³/mol. The third kappa shape index (κ3) is 9.68. The second-order valence-corrected chi connectivity index (χ2v) is 10.4. The summed E-state index contributed by atoms with van der Waals surface area (Å²) < 4.78 is 0. The molecule has 0 aliphatic rings. The molecule has 4 aromatic rings. The predicted octanol–water partition coefficient (Wildman–Crippen LogP) is 2.85. The first-order valence-electron chi connectivity index (χ1n) is 10.1. The summed E-state index contributed by atoms with van der Waals surface area (Å²) in [5.41, 5.74) is 0. The van der Waals surface area contributed by atoms with Crippen molar-refractivity contribution in [1.29, 1.82) is 0 Å². The molecule has 0 N–H and O–H groups in total. The first-order chi connectivity index (χ1) is 14.4. The van der Waals surface area contributed by atoms with Crippen LogP contribution in [0.3, 0.4) is 0 Å². The Balaban J connectivity index is 0.000000296. The van der Waals surface area contributed by atoms with Gasteiger partial charge in [-0.2, -0.15) is 0 Å². The zero-order valence-corrected chi connectivity index (χ0v) is 21.2. The van der Waals surface area contributed by atoms with Crippen molar-refractivity contribution in [1.82, 2.24) is 0 Å². The van der Waals surface area contributed by atoms with E-state index < -0.39 is 0 Å². The molecule has 0 nitrogen and oxygen atoms in total. The summed E-state index contributed by atoms with van der Waals surface area (Å²) in [4.78, 5) is 0. The van der Waals surface area contributed by atoms with Crippen molar-refractivity contribution < 1.29 is 28.9 Å². The molecule has 4 heteroatoms. The monoisotopic (exact) mass is 507 g/mol. The van der Waals surface area contributed by atoms with Crippen LogP contribution in [-0.4, -0.2) is 6.16 Å². The van der Waals surface area contributed by atoms with Gasteiger partial charge in [-0.25, -0.2) is 0 Å². The maximum Gasteiger partial charge on any atom is 0 e. The van der Waals surface area contributed by atoms with Gasteiger partial charge in [0.05, 0.1) is 0 Å². The van der Waals surface area contributed by atoms with Crippen LogP contribution in [0.15, 0.2) is 121 Å². The number of hydrogen-bond donors (Lipinski definition) is 0. The van der Waals surface area contributed by atoms with E-state index in [2.05, 4.69) is 128 Å². The molecular weight excluding hydrogens is 480 g/mol. The topological polar surface area (TPSA) is 0 Å². The van der Waals surface area contributed by atoms with E-state index in [9.17, 15) is 0 Å². The summed E-state index contributed by atoms with van der Waals surface area (Å²) in [5, 5.41) is 5.78. The van der Waals surface area contributed by atoms with E-state index in [1.54, 1.807) is 0 Å². The Hall–Kier alpha value is -1.48. The van der Waals surface area contributed by atoms with E-state index in [4.69, 9.17) is 0 Å². The van der Waals surface area contributed by atoms with Crippen LogP contribution in [0, 0.1) is 0 Å². The summed E-state index contributed by atoms with van der Waals surface area (Å²) in [6, 6.07) is 42.9. The average Bonchev–Trinajstić information content (AvgIpc) is 2.80. The van der Waals surface area contributed by atoms with Crippen LogP contribution in [0.25, 0.3) is 0 Å². The molecule has 31 heavy (non-hydrogen) atoms. The van der Waals surface area contributed by atoms with Gasteiger partial charge in [0.1, 0.15) is 0 Å². The van der Waals surface area contributed by atoms with Gasteiger partial charge >= 0.3 is 0 Å². The molecule has 0 fully saturated rings. The Morgan fingerprint density at radius 1 is 0.548 bits per heavy atom. The van der Waals surface area contributed by atoms with Gasteiger partial charge in [-0.15, -0.1) is 0 Å². The van der Waals surface area contributed by atoms with E-state index in [1.165, 1.54) is 33.8 Å². The number of halogens is 1. The van der Waals surface area contributed by atoms with Crippen molar-refractivity contribution in [3.8, 4) is 0 Å². The molecule has 4 aromatic carbocycles. The fraction of sp³-hybridized carbons (Fsp3) is 0.111. The smallest absolute Gasteiger partial charge is 0 e. The summed E-state index contributed by atoms with van der Waals surface area (Å²) in [5.74, 6) is 0. The fourth-order valence-corrected chi connectivity index (χ4v) is 6.43. The molecule has 0 saturated carbocycles. The van der Waals surface area contributed by atoms with Crippen molar-refractivity contribution in [2.24, 2.45) is 0 Å². The largest absolute Gasteiger partial charge is 1.00 e. The van der Waals surface area contributed by atoms with E-state index in [0.717, 1.165) is 8.58 Å². The second kappa shape index (κ2) is 16.2. The zero-order valence-electron chi connectivity index (χ0n) is 17.6. The van der Waals surface area contributed by atoms with Gasteiger partial charge in [0, 0.05) is 16.5 Å². The van der Waals surface area contributed by atoms with Crippen molar-refractivity contribution in [3.63, 3.8) is 0 Å². The molecule has 0 atom stereocenters. The normalized spacial score (nSPS) is 9.61. The molecule has 0 aliphatic heterocycles. The van der Waals surface area contributed by atoms with Gasteiger partial charge in [0.15, 0.2) is 0 Å². The van der Waals surface area contributed by atoms with Crippen LogP contribution in [0.4, 0.5) is 0 Å². The molecule has 164 valence electrons. The van der Waals surface area contributed by atoms with E-state index in [1.807, 2.05) is 0 Å². The quantitative estimate of drug-likeness (QED) is 0.278. The number of benzene rings is 4. The van der Waals surface area contributed by atoms with Crippen molar-refractivity contribution in [2.45, 2.75) is 13.3 Å². The van der Waals surface area contributed by atoms with Gasteiger partial charge in [-0.05, 0) is 35.3 Å². The summed E-state index contributed by atoms with van der Waals surface area (Å²) in [6.07, 6.45) is 2.53. The molecule has 0 aliphatic carbocycles. The van der Waals surface area contributed by atoms with E-state index in [0.29, 0.717) is 0 Å². The van der Waals surface area contributed by atoms with Crippen LogP contribution in [-0.2, 0) is 16.5 Å². The minimum atomic E-state index is -0.151. The molecule has 0 amide bonds. The molecule has 0 unspecified atom stereocenters. The molecule has 0 saturated heterocycles. The maximum atomic E-state index is 2.27. The minimum Gasteiger partial charge on any atom is -1.00 e. The van der Waals surface area contributed by atoms with Gasteiger partial charge in [0.2, 0.25) is 0 Å². The number of rotatable bonds is 6. The minimum absolute atomic E-state index is 0. The molecule has 4 rings (SSSR count). The van der Waals surface area contributed by atoms with E-state index >= 15 is 0 Å².